The van der Waals surface area contributed by atoms with Crippen LogP contribution in [0.4, 0.5) is 0 Å². The van der Waals surface area contributed by atoms with Crippen molar-refractivity contribution in [3.05, 3.63) is 70.4 Å². The van der Waals surface area contributed by atoms with Crippen LogP contribution in [0.1, 0.15) is 49.3 Å². The van der Waals surface area contributed by atoms with Crippen molar-refractivity contribution in [3.8, 4) is 0 Å². The Hall–Kier alpha value is -2.40. The molecule has 0 saturated heterocycles. The van der Waals surface area contributed by atoms with Crippen molar-refractivity contribution in [2.45, 2.75) is 44.2 Å². The first-order chi connectivity index (χ1) is 11.7. The molecular weight excluding hydrogens is 300 g/mol. The predicted octanol–water partition coefficient (Wildman–Crippen LogP) is 3.01. The molecular formula is C19H22N4O. The summed E-state index contributed by atoms with van der Waals surface area (Å²) in [4.78, 5) is 14.0. The van der Waals surface area contributed by atoms with E-state index in [2.05, 4.69) is 34.5 Å². The molecule has 0 amide bonds. The highest BCUT2D eigenvalue weighted by Gasteiger charge is 2.27. The Balaban J connectivity index is 1.44. The van der Waals surface area contributed by atoms with Gasteiger partial charge in [-0.05, 0) is 49.8 Å². The highest BCUT2D eigenvalue weighted by molar-refractivity contribution is 5.54. The molecule has 0 bridgehead atoms. The second kappa shape index (κ2) is 6.24. The fraction of sp³-hybridized carbons (Fsp3) is 0.368. The van der Waals surface area contributed by atoms with Crippen LogP contribution in [-0.4, -0.2) is 20.6 Å². The van der Waals surface area contributed by atoms with Crippen molar-refractivity contribution in [2.24, 2.45) is 0 Å². The van der Waals surface area contributed by atoms with Gasteiger partial charge in [-0.15, -0.1) is 0 Å². The summed E-state index contributed by atoms with van der Waals surface area (Å²) in [7, 11) is 0. The first-order valence-electron chi connectivity index (χ1n) is 8.57. The molecule has 1 unspecified atom stereocenters. The summed E-state index contributed by atoms with van der Waals surface area (Å²) >= 11 is 0. The molecule has 1 aliphatic carbocycles. The number of rotatable bonds is 4. The lowest BCUT2D eigenvalue weighted by molar-refractivity contribution is 0.458. The van der Waals surface area contributed by atoms with E-state index in [0.29, 0.717) is 12.0 Å². The second-order valence-corrected chi connectivity index (χ2v) is 6.71. The van der Waals surface area contributed by atoms with Gasteiger partial charge in [-0.3, -0.25) is 4.79 Å². The molecule has 24 heavy (non-hydrogen) atoms. The van der Waals surface area contributed by atoms with E-state index in [-0.39, 0.29) is 11.6 Å². The Kier molecular flexibility index (Phi) is 3.94. The number of hydrogen-bond donors (Lipinski definition) is 2. The Bertz CT molecular complexity index is 877. The fourth-order valence-corrected chi connectivity index (χ4v) is 3.84. The molecule has 3 aromatic heterocycles. The van der Waals surface area contributed by atoms with E-state index in [1.165, 1.54) is 11.1 Å². The Morgan fingerprint density at radius 3 is 3.04 bits per heavy atom. The standard InChI is InChI=1S/C19H22N4O/c1-13(17-12-21-23-9-3-2-4-18(17)23)22-16-7-5-14(10-16)15-6-8-19(24)20-11-15/h2-4,6,8-9,11-14,16,22H,5,7,10H2,1H3,(H,20,24)/t13-,14+,16?/m1/s1. The number of aromatic amines is 1. The maximum absolute atomic E-state index is 11.2. The molecule has 4 rings (SSSR count). The van der Waals surface area contributed by atoms with E-state index in [1.807, 2.05) is 35.2 Å². The van der Waals surface area contributed by atoms with Crippen LogP contribution >= 0.6 is 0 Å². The number of H-pyrrole nitrogens is 1. The van der Waals surface area contributed by atoms with Gasteiger partial charge >= 0.3 is 0 Å². The summed E-state index contributed by atoms with van der Waals surface area (Å²) in [6, 6.07) is 10.5. The van der Waals surface area contributed by atoms with Crippen LogP contribution in [-0.2, 0) is 0 Å². The van der Waals surface area contributed by atoms with E-state index in [0.717, 1.165) is 24.8 Å². The number of nitrogens with zero attached hydrogens (tertiary/aromatic N) is 2. The average Bonchev–Trinajstić information content (AvgIpc) is 3.22. The topological polar surface area (TPSA) is 62.2 Å². The van der Waals surface area contributed by atoms with Crippen molar-refractivity contribution in [2.75, 3.05) is 0 Å². The van der Waals surface area contributed by atoms with Gasteiger partial charge in [0.25, 0.3) is 0 Å². The monoisotopic (exact) mass is 322 g/mol. The van der Waals surface area contributed by atoms with Crippen LogP contribution in [0.5, 0.6) is 0 Å². The molecule has 0 radical (unpaired) electrons. The molecule has 1 aliphatic rings. The van der Waals surface area contributed by atoms with Crippen molar-refractivity contribution in [3.63, 3.8) is 0 Å². The SMILES string of the molecule is C[C@@H](NC1CC[C@H](c2ccc(=O)[nH]c2)C1)c1cnn2ccccc12. The summed E-state index contributed by atoms with van der Waals surface area (Å²) in [6.07, 6.45) is 9.23. The van der Waals surface area contributed by atoms with Gasteiger partial charge in [0.1, 0.15) is 0 Å². The zero-order valence-electron chi connectivity index (χ0n) is 13.8. The molecule has 2 N–H and O–H groups in total. The first-order valence-corrected chi connectivity index (χ1v) is 8.57. The quantitative estimate of drug-likeness (QED) is 0.776. The molecule has 0 spiro atoms. The van der Waals surface area contributed by atoms with E-state index in [9.17, 15) is 4.79 Å². The number of aromatic nitrogens is 3. The molecule has 5 nitrogen and oxygen atoms in total. The van der Waals surface area contributed by atoms with Gasteiger partial charge in [-0.1, -0.05) is 12.1 Å². The van der Waals surface area contributed by atoms with E-state index < -0.39 is 0 Å². The molecule has 124 valence electrons. The Morgan fingerprint density at radius 1 is 1.29 bits per heavy atom. The van der Waals surface area contributed by atoms with E-state index >= 15 is 0 Å². The molecule has 5 heteroatoms. The smallest absolute Gasteiger partial charge is 0.247 e. The number of hydrogen-bond acceptors (Lipinski definition) is 3. The fourth-order valence-electron chi connectivity index (χ4n) is 3.84. The normalized spacial score (nSPS) is 22.0. The van der Waals surface area contributed by atoms with Gasteiger partial charge in [0.05, 0.1) is 11.7 Å². The second-order valence-electron chi connectivity index (χ2n) is 6.71. The molecule has 1 fully saturated rings. The number of pyridine rings is 2. The highest BCUT2D eigenvalue weighted by Crippen LogP contribution is 2.35. The minimum Gasteiger partial charge on any atom is -0.329 e. The van der Waals surface area contributed by atoms with Crippen LogP contribution < -0.4 is 10.9 Å². The molecule has 3 heterocycles. The first kappa shape index (κ1) is 15.1. The molecule has 0 aliphatic heterocycles. The lowest BCUT2D eigenvalue weighted by atomic mass is 9.99. The third-order valence-corrected chi connectivity index (χ3v) is 5.12. The largest absolute Gasteiger partial charge is 0.329 e. The minimum absolute atomic E-state index is 0.0341. The average molecular weight is 322 g/mol. The summed E-state index contributed by atoms with van der Waals surface area (Å²) in [5.74, 6) is 0.524. The molecule has 1 saturated carbocycles. The van der Waals surface area contributed by atoms with Gasteiger partial charge < -0.3 is 10.3 Å². The van der Waals surface area contributed by atoms with Crippen LogP contribution in [0.2, 0.25) is 0 Å². The van der Waals surface area contributed by atoms with E-state index in [4.69, 9.17) is 0 Å². The van der Waals surface area contributed by atoms with Crippen LogP contribution in [0.3, 0.4) is 0 Å². The van der Waals surface area contributed by atoms with Gasteiger partial charge in [0.2, 0.25) is 5.56 Å². The third-order valence-electron chi connectivity index (χ3n) is 5.12. The Labute approximate surface area is 140 Å². The van der Waals surface area contributed by atoms with Gasteiger partial charge in [-0.25, -0.2) is 4.52 Å². The van der Waals surface area contributed by atoms with Crippen molar-refractivity contribution >= 4 is 5.52 Å². The maximum Gasteiger partial charge on any atom is 0.247 e. The van der Waals surface area contributed by atoms with Crippen LogP contribution in [0.15, 0.2) is 53.7 Å². The molecule has 3 aromatic rings. The minimum atomic E-state index is -0.0341. The number of fused-ring (bicyclic) bond motifs is 1. The van der Waals surface area contributed by atoms with Crippen molar-refractivity contribution in [1.29, 1.82) is 0 Å². The summed E-state index contributed by atoms with van der Waals surface area (Å²) < 4.78 is 1.92. The van der Waals surface area contributed by atoms with Gasteiger partial charge in [0, 0.05) is 36.1 Å². The predicted molar refractivity (Wildman–Crippen MR) is 94.2 cm³/mol. The highest BCUT2D eigenvalue weighted by atomic mass is 16.1. The summed E-state index contributed by atoms with van der Waals surface area (Å²) in [5.41, 5.74) is 3.60. The Morgan fingerprint density at radius 2 is 2.21 bits per heavy atom. The van der Waals surface area contributed by atoms with Crippen LogP contribution in [0.25, 0.3) is 5.52 Å². The zero-order chi connectivity index (χ0) is 16.5. The van der Waals surface area contributed by atoms with Crippen molar-refractivity contribution < 1.29 is 0 Å². The van der Waals surface area contributed by atoms with Crippen molar-refractivity contribution in [1.82, 2.24) is 19.9 Å². The molecule has 3 atom stereocenters. The van der Waals surface area contributed by atoms with Crippen LogP contribution in [0, 0.1) is 0 Å². The van der Waals surface area contributed by atoms with E-state index in [1.54, 1.807) is 6.07 Å². The maximum atomic E-state index is 11.2. The summed E-state index contributed by atoms with van der Waals surface area (Å²) in [6.45, 7) is 2.21. The van der Waals surface area contributed by atoms with Gasteiger partial charge in [0.15, 0.2) is 0 Å². The lowest BCUT2D eigenvalue weighted by Crippen LogP contribution is -2.29. The van der Waals surface area contributed by atoms with Gasteiger partial charge in [-0.2, -0.15) is 5.10 Å². The molecule has 0 aromatic carbocycles. The zero-order valence-corrected chi connectivity index (χ0v) is 13.8. The summed E-state index contributed by atoms with van der Waals surface area (Å²) in [5, 5.41) is 8.19. The third kappa shape index (κ3) is 2.87. The number of nitrogens with one attached hydrogen (secondary N) is 2. The lowest BCUT2D eigenvalue weighted by Gasteiger charge is -2.19.